The summed E-state index contributed by atoms with van der Waals surface area (Å²) >= 11 is 0. The molecule has 2 heterocycles. The summed E-state index contributed by atoms with van der Waals surface area (Å²) in [5.41, 5.74) is 2.65. The molecule has 8 nitrogen and oxygen atoms in total. The van der Waals surface area contributed by atoms with E-state index in [9.17, 15) is 4.79 Å². The van der Waals surface area contributed by atoms with Gasteiger partial charge in [-0.3, -0.25) is 4.79 Å². The van der Waals surface area contributed by atoms with Crippen LogP contribution < -0.4 is 14.8 Å². The first-order chi connectivity index (χ1) is 14.7. The van der Waals surface area contributed by atoms with Crippen molar-refractivity contribution >= 4 is 5.91 Å². The van der Waals surface area contributed by atoms with Crippen molar-refractivity contribution in [2.75, 3.05) is 14.2 Å². The third-order valence-corrected chi connectivity index (χ3v) is 4.55. The normalized spacial score (nSPS) is 10.6. The monoisotopic (exact) mass is 404 g/mol. The van der Waals surface area contributed by atoms with Crippen molar-refractivity contribution in [3.8, 4) is 28.6 Å². The van der Waals surface area contributed by atoms with E-state index in [1.165, 1.54) is 0 Å². The van der Waals surface area contributed by atoms with E-state index in [1.54, 1.807) is 32.4 Å². The second kappa shape index (κ2) is 8.52. The van der Waals surface area contributed by atoms with Gasteiger partial charge < -0.3 is 23.9 Å². The Morgan fingerprint density at radius 3 is 2.47 bits per heavy atom. The predicted molar refractivity (Wildman–Crippen MR) is 110 cm³/mol. The van der Waals surface area contributed by atoms with Crippen molar-refractivity contribution in [2.45, 2.75) is 6.54 Å². The SMILES string of the molecule is COc1ccc(-c2noc(C(=O)NCc3ccc(-n4cccc4)cc3)n2)cc1OC. The Bertz CT molecular complexity index is 1130. The summed E-state index contributed by atoms with van der Waals surface area (Å²) in [7, 11) is 3.10. The minimum absolute atomic E-state index is 0.108. The first kappa shape index (κ1) is 19.3. The molecule has 0 saturated carbocycles. The Balaban J connectivity index is 1.41. The van der Waals surface area contributed by atoms with Crippen molar-refractivity contribution in [1.82, 2.24) is 20.0 Å². The van der Waals surface area contributed by atoms with Gasteiger partial charge in [-0.15, -0.1) is 0 Å². The first-order valence-electron chi connectivity index (χ1n) is 9.24. The number of nitrogens with one attached hydrogen (secondary N) is 1. The number of methoxy groups -OCH3 is 2. The number of hydrogen-bond acceptors (Lipinski definition) is 6. The third kappa shape index (κ3) is 4.02. The predicted octanol–water partition coefficient (Wildman–Crippen LogP) is 3.47. The molecule has 0 spiro atoms. The number of carbonyl (C=O) groups excluding carboxylic acids is 1. The number of amides is 1. The molecule has 0 radical (unpaired) electrons. The van der Waals surface area contributed by atoms with Gasteiger partial charge in [-0.1, -0.05) is 17.3 Å². The van der Waals surface area contributed by atoms with E-state index in [1.807, 2.05) is 53.4 Å². The van der Waals surface area contributed by atoms with Crippen molar-refractivity contribution in [2.24, 2.45) is 0 Å². The van der Waals surface area contributed by atoms with E-state index in [-0.39, 0.29) is 11.7 Å². The summed E-state index contributed by atoms with van der Waals surface area (Å²) in [6.45, 7) is 0.346. The van der Waals surface area contributed by atoms with Crippen molar-refractivity contribution in [1.29, 1.82) is 0 Å². The van der Waals surface area contributed by atoms with E-state index in [0.717, 1.165) is 11.3 Å². The minimum Gasteiger partial charge on any atom is -0.493 e. The summed E-state index contributed by atoms with van der Waals surface area (Å²) in [4.78, 5) is 16.6. The molecule has 30 heavy (non-hydrogen) atoms. The Morgan fingerprint density at radius 1 is 1.03 bits per heavy atom. The van der Waals surface area contributed by atoms with Gasteiger partial charge in [-0.25, -0.2) is 0 Å². The van der Waals surface area contributed by atoms with Crippen LogP contribution in [-0.2, 0) is 6.54 Å². The van der Waals surface area contributed by atoms with Crippen LogP contribution in [0.3, 0.4) is 0 Å². The second-order valence-corrected chi connectivity index (χ2v) is 6.43. The molecule has 0 fully saturated rings. The summed E-state index contributed by atoms with van der Waals surface area (Å²) in [5.74, 6) is 0.865. The average molecular weight is 404 g/mol. The van der Waals surface area contributed by atoms with Gasteiger partial charge in [0.2, 0.25) is 5.82 Å². The summed E-state index contributed by atoms with van der Waals surface area (Å²) in [6.07, 6.45) is 3.95. The molecule has 1 N–H and O–H groups in total. The fraction of sp³-hybridized carbons (Fsp3) is 0.136. The molecule has 2 aromatic heterocycles. The number of nitrogens with zero attached hydrogens (tertiary/aromatic N) is 3. The highest BCUT2D eigenvalue weighted by Gasteiger charge is 2.17. The summed E-state index contributed by atoms with van der Waals surface area (Å²) in [6, 6.07) is 17.0. The molecule has 0 unspecified atom stereocenters. The number of benzene rings is 2. The van der Waals surface area contributed by atoms with Crippen LogP contribution in [0.15, 0.2) is 71.5 Å². The lowest BCUT2D eigenvalue weighted by Gasteiger charge is -2.07. The van der Waals surface area contributed by atoms with Gasteiger partial charge in [-0.2, -0.15) is 4.98 Å². The number of carbonyl (C=O) groups is 1. The molecule has 4 aromatic rings. The van der Waals surface area contributed by atoms with Crippen LogP contribution in [-0.4, -0.2) is 34.8 Å². The number of ether oxygens (including phenoxy) is 2. The van der Waals surface area contributed by atoms with E-state index in [2.05, 4.69) is 15.5 Å². The van der Waals surface area contributed by atoms with Gasteiger partial charge in [0.25, 0.3) is 0 Å². The Kier molecular flexibility index (Phi) is 5.47. The topological polar surface area (TPSA) is 91.4 Å². The van der Waals surface area contributed by atoms with E-state index in [0.29, 0.717) is 23.6 Å². The van der Waals surface area contributed by atoms with Crippen LogP contribution in [0.5, 0.6) is 11.5 Å². The Labute approximate surface area is 173 Å². The quantitative estimate of drug-likeness (QED) is 0.507. The van der Waals surface area contributed by atoms with Crippen molar-refractivity contribution in [3.63, 3.8) is 0 Å². The molecule has 152 valence electrons. The molecular weight excluding hydrogens is 384 g/mol. The van der Waals surface area contributed by atoms with E-state index >= 15 is 0 Å². The lowest BCUT2D eigenvalue weighted by molar-refractivity contribution is 0.0907. The highest BCUT2D eigenvalue weighted by atomic mass is 16.5. The molecule has 2 aromatic carbocycles. The first-order valence-corrected chi connectivity index (χ1v) is 9.24. The highest BCUT2D eigenvalue weighted by Crippen LogP contribution is 2.31. The molecule has 0 aliphatic carbocycles. The number of hydrogen-bond donors (Lipinski definition) is 1. The van der Waals surface area contributed by atoms with E-state index < -0.39 is 5.91 Å². The molecule has 0 atom stereocenters. The maximum atomic E-state index is 12.4. The smallest absolute Gasteiger partial charge is 0.316 e. The van der Waals surface area contributed by atoms with Crippen LogP contribution in [0.2, 0.25) is 0 Å². The lowest BCUT2D eigenvalue weighted by atomic mass is 10.2. The summed E-state index contributed by atoms with van der Waals surface area (Å²) in [5, 5.41) is 6.68. The summed E-state index contributed by atoms with van der Waals surface area (Å²) < 4.78 is 17.6. The van der Waals surface area contributed by atoms with Gasteiger partial charge in [0.1, 0.15) is 0 Å². The fourth-order valence-electron chi connectivity index (χ4n) is 2.96. The molecule has 0 saturated heterocycles. The van der Waals surface area contributed by atoms with E-state index in [4.69, 9.17) is 14.0 Å². The van der Waals surface area contributed by atoms with Gasteiger partial charge in [0.05, 0.1) is 14.2 Å². The zero-order valence-electron chi connectivity index (χ0n) is 16.5. The van der Waals surface area contributed by atoms with Crippen molar-refractivity contribution < 1.29 is 18.8 Å². The van der Waals surface area contributed by atoms with Gasteiger partial charge in [0.15, 0.2) is 11.5 Å². The maximum Gasteiger partial charge on any atom is 0.316 e. The fourth-order valence-corrected chi connectivity index (χ4v) is 2.96. The Hall–Kier alpha value is -4.07. The maximum absolute atomic E-state index is 12.4. The van der Waals surface area contributed by atoms with Gasteiger partial charge in [0, 0.05) is 30.2 Å². The standard InChI is InChI=1S/C22H20N4O4/c1-28-18-10-7-16(13-19(18)29-2)20-24-22(30-25-20)21(27)23-14-15-5-8-17(9-6-15)26-11-3-4-12-26/h3-13H,14H2,1-2H3,(H,23,27). The number of aromatic nitrogens is 3. The molecule has 8 heteroatoms. The minimum atomic E-state index is -0.441. The number of rotatable bonds is 7. The average Bonchev–Trinajstić information content (AvgIpc) is 3.50. The molecule has 4 rings (SSSR count). The second-order valence-electron chi connectivity index (χ2n) is 6.43. The molecule has 0 aliphatic heterocycles. The molecular formula is C22H20N4O4. The van der Waals surface area contributed by atoms with Crippen LogP contribution in [0.1, 0.15) is 16.2 Å². The highest BCUT2D eigenvalue weighted by molar-refractivity contribution is 5.89. The van der Waals surface area contributed by atoms with Gasteiger partial charge >= 0.3 is 11.8 Å². The molecule has 1 amide bonds. The zero-order chi connectivity index (χ0) is 20.9. The van der Waals surface area contributed by atoms with Gasteiger partial charge in [-0.05, 0) is 48.0 Å². The zero-order valence-corrected chi connectivity index (χ0v) is 16.5. The van der Waals surface area contributed by atoms with Crippen LogP contribution >= 0.6 is 0 Å². The van der Waals surface area contributed by atoms with Crippen LogP contribution in [0.4, 0.5) is 0 Å². The van der Waals surface area contributed by atoms with Crippen LogP contribution in [0, 0.1) is 0 Å². The molecule has 0 bridgehead atoms. The lowest BCUT2D eigenvalue weighted by Crippen LogP contribution is -2.23. The molecule has 0 aliphatic rings. The van der Waals surface area contributed by atoms with Crippen LogP contribution in [0.25, 0.3) is 17.1 Å². The third-order valence-electron chi connectivity index (χ3n) is 4.55. The van der Waals surface area contributed by atoms with Crippen molar-refractivity contribution in [3.05, 3.63) is 78.4 Å². The largest absolute Gasteiger partial charge is 0.493 e. The Morgan fingerprint density at radius 2 is 1.77 bits per heavy atom.